The molecule has 262 valence electrons. The van der Waals surface area contributed by atoms with Gasteiger partial charge in [0, 0.05) is 6.42 Å². The normalized spacial score (nSPS) is 11.8. The second kappa shape index (κ2) is 19.2. The van der Waals surface area contributed by atoms with Crippen molar-refractivity contribution in [3.05, 3.63) is 167 Å². The Balaban J connectivity index is 1.31. The number of phenolic OH excluding ortho intramolecular Hbond substituents is 1. The van der Waals surface area contributed by atoms with Gasteiger partial charge >= 0.3 is 12.1 Å². The first-order chi connectivity index (χ1) is 24.9. The van der Waals surface area contributed by atoms with Crippen LogP contribution in [0, 0.1) is 0 Å². The molecule has 0 aliphatic carbocycles. The zero-order valence-electron chi connectivity index (χ0n) is 28.0. The van der Waals surface area contributed by atoms with E-state index in [0.717, 1.165) is 22.3 Å². The van der Waals surface area contributed by atoms with Crippen LogP contribution in [0.2, 0.25) is 0 Å². The number of hydrogen-bond donors (Lipinski definition) is 3. The average Bonchev–Trinajstić information content (AvgIpc) is 3.17. The highest BCUT2D eigenvalue weighted by Gasteiger charge is 2.29. The van der Waals surface area contributed by atoms with Crippen molar-refractivity contribution in [1.29, 1.82) is 0 Å². The molecular weight excluding hydrogens is 648 g/mol. The monoisotopic (exact) mass is 688 g/mol. The van der Waals surface area contributed by atoms with Gasteiger partial charge in [0.25, 0.3) is 0 Å². The fourth-order valence-electron chi connectivity index (χ4n) is 5.03. The lowest BCUT2D eigenvalue weighted by Gasteiger charge is -2.23. The molecule has 5 aromatic carbocycles. The van der Waals surface area contributed by atoms with E-state index in [1.54, 1.807) is 12.1 Å². The third-order valence-electron chi connectivity index (χ3n) is 7.74. The molecule has 10 heteroatoms. The summed E-state index contributed by atoms with van der Waals surface area (Å²) in [6.07, 6.45) is -0.832. The van der Waals surface area contributed by atoms with Crippen molar-refractivity contribution in [2.75, 3.05) is 6.61 Å². The zero-order chi connectivity index (χ0) is 35.7. The number of carbonyl (C=O) groups excluding carboxylic acids is 3. The molecule has 10 nitrogen and oxygen atoms in total. The molecule has 0 fully saturated rings. The summed E-state index contributed by atoms with van der Waals surface area (Å²) < 4.78 is 22.7. The fraction of sp³-hybridized carbons (Fsp3) is 0.195. The van der Waals surface area contributed by atoms with Gasteiger partial charge in [-0.15, -0.1) is 0 Å². The van der Waals surface area contributed by atoms with Crippen molar-refractivity contribution in [2.45, 2.75) is 44.9 Å². The van der Waals surface area contributed by atoms with Crippen LogP contribution in [-0.4, -0.2) is 41.8 Å². The third kappa shape index (κ3) is 12.1. The lowest BCUT2D eigenvalue weighted by Crippen LogP contribution is -2.54. The standard InChI is InChI=1S/C41H40N2O8/c44-37-22-21-34(24-38(37)49-26-31-15-7-2-8-16-31)23-35(40(46)50-27-32-17-9-3-10-18-32)42-39(45)36(29-48-25-30-13-5-1-6-14-30)43-41(47)51-28-33-19-11-4-12-20-33/h1-22,24,35-36,44H,23,25-29H2,(H,42,45)(H,43,47)/t35-,36-/m0/s1. The Kier molecular flexibility index (Phi) is 13.6. The molecule has 0 aliphatic rings. The molecular formula is C41H40N2O8. The summed E-state index contributed by atoms with van der Waals surface area (Å²) in [6.45, 7) is 0.182. The molecule has 2 atom stereocenters. The van der Waals surface area contributed by atoms with Crippen LogP contribution in [0.15, 0.2) is 140 Å². The summed E-state index contributed by atoms with van der Waals surface area (Å²) in [5.41, 5.74) is 3.92. The van der Waals surface area contributed by atoms with Gasteiger partial charge in [-0.25, -0.2) is 9.59 Å². The van der Waals surface area contributed by atoms with E-state index in [1.165, 1.54) is 6.07 Å². The summed E-state index contributed by atoms with van der Waals surface area (Å²) >= 11 is 0. The number of carbonyl (C=O) groups is 3. The van der Waals surface area contributed by atoms with Crippen molar-refractivity contribution < 1.29 is 38.4 Å². The Morgan fingerprint density at radius 1 is 0.549 bits per heavy atom. The van der Waals surface area contributed by atoms with E-state index < -0.39 is 30.1 Å². The molecule has 2 amide bonds. The van der Waals surface area contributed by atoms with Gasteiger partial charge in [-0.2, -0.15) is 0 Å². The van der Waals surface area contributed by atoms with Crippen molar-refractivity contribution in [1.82, 2.24) is 10.6 Å². The highest BCUT2D eigenvalue weighted by molar-refractivity contribution is 5.90. The Bertz CT molecular complexity index is 1820. The second-order valence-corrected chi connectivity index (χ2v) is 11.7. The zero-order valence-corrected chi connectivity index (χ0v) is 28.0. The van der Waals surface area contributed by atoms with E-state index in [-0.39, 0.29) is 51.0 Å². The first kappa shape index (κ1) is 36.2. The highest BCUT2D eigenvalue weighted by atomic mass is 16.6. The number of hydrogen-bond acceptors (Lipinski definition) is 8. The molecule has 51 heavy (non-hydrogen) atoms. The summed E-state index contributed by atoms with van der Waals surface area (Å²) in [7, 11) is 0. The molecule has 0 aliphatic heterocycles. The lowest BCUT2D eigenvalue weighted by atomic mass is 10.0. The van der Waals surface area contributed by atoms with Gasteiger partial charge in [-0.3, -0.25) is 4.79 Å². The Morgan fingerprint density at radius 3 is 1.63 bits per heavy atom. The summed E-state index contributed by atoms with van der Waals surface area (Å²) in [5, 5.41) is 15.8. The molecule has 0 unspecified atom stereocenters. The van der Waals surface area contributed by atoms with E-state index in [2.05, 4.69) is 10.6 Å². The van der Waals surface area contributed by atoms with E-state index in [4.69, 9.17) is 18.9 Å². The molecule has 0 saturated carbocycles. The molecule has 5 rings (SSSR count). The number of nitrogens with one attached hydrogen (secondary N) is 2. The van der Waals surface area contributed by atoms with E-state index in [9.17, 15) is 19.5 Å². The van der Waals surface area contributed by atoms with Crippen LogP contribution in [0.5, 0.6) is 11.5 Å². The number of esters is 1. The SMILES string of the molecule is O=C(N[C@@H](COCc1ccccc1)C(=O)N[C@@H](Cc1ccc(O)c(OCc2ccccc2)c1)C(=O)OCc1ccccc1)OCc1ccccc1. The molecule has 0 radical (unpaired) electrons. The highest BCUT2D eigenvalue weighted by Crippen LogP contribution is 2.28. The minimum Gasteiger partial charge on any atom is -0.504 e. The van der Waals surface area contributed by atoms with Gasteiger partial charge in [0.2, 0.25) is 5.91 Å². The molecule has 0 saturated heterocycles. The van der Waals surface area contributed by atoms with Crippen LogP contribution in [0.3, 0.4) is 0 Å². The van der Waals surface area contributed by atoms with Gasteiger partial charge in [0.05, 0.1) is 13.2 Å². The van der Waals surface area contributed by atoms with Crippen LogP contribution >= 0.6 is 0 Å². The van der Waals surface area contributed by atoms with E-state index >= 15 is 0 Å². The number of phenols is 1. The predicted molar refractivity (Wildman–Crippen MR) is 190 cm³/mol. The Labute approximate surface area is 297 Å². The molecule has 5 aromatic rings. The number of ether oxygens (including phenoxy) is 4. The molecule has 3 N–H and O–H groups in total. The first-order valence-corrected chi connectivity index (χ1v) is 16.5. The number of alkyl carbamates (subject to hydrolysis) is 1. The van der Waals surface area contributed by atoms with E-state index in [1.807, 2.05) is 121 Å². The van der Waals surface area contributed by atoms with Crippen LogP contribution in [0.25, 0.3) is 0 Å². The van der Waals surface area contributed by atoms with Gasteiger partial charge in [0.15, 0.2) is 11.5 Å². The minimum atomic E-state index is -1.22. The van der Waals surface area contributed by atoms with Crippen LogP contribution < -0.4 is 15.4 Å². The van der Waals surface area contributed by atoms with Gasteiger partial charge < -0.3 is 34.7 Å². The smallest absolute Gasteiger partial charge is 0.408 e. The summed E-state index contributed by atoms with van der Waals surface area (Å²) in [6, 6.07) is 39.5. The molecule has 0 heterocycles. The average molecular weight is 689 g/mol. The van der Waals surface area contributed by atoms with Crippen LogP contribution in [0.1, 0.15) is 27.8 Å². The van der Waals surface area contributed by atoms with Crippen molar-refractivity contribution in [3.8, 4) is 11.5 Å². The van der Waals surface area contributed by atoms with Crippen LogP contribution in [0.4, 0.5) is 4.79 Å². The van der Waals surface area contributed by atoms with Crippen LogP contribution in [-0.2, 0) is 56.6 Å². The molecule has 0 bridgehead atoms. The summed E-state index contributed by atoms with van der Waals surface area (Å²) in [4.78, 5) is 40.3. The first-order valence-electron chi connectivity index (χ1n) is 16.5. The molecule has 0 aromatic heterocycles. The maximum atomic E-state index is 13.8. The number of rotatable bonds is 17. The van der Waals surface area contributed by atoms with Crippen molar-refractivity contribution >= 4 is 18.0 Å². The predicted octanol–water partition coefficient (Wildman–Crippen LogP) is 6.25. The second-order valence-electron chi connectivity index (χ2n) is 11.7. The number of amides is 2. The third-order valence-corrected chi connectivity index (χ3v) is 7.74. The van der Waals surface area contributed by atoms with Gasteiger partial charge in [-0.1, -0.05) is 127 Å². The number of aromatic hydroxyl groups is 1. The van der Waals surface area contributed by atoms with Crippen molar-refractivity contribution in [3.63, 3.8) is 0 Å². The Hall–Kier alpha value is -6.13. The fourth-order valence-corrected chi connectivity index (χ4v) is 5.03. The molecule has 0 spiro atoms. The topological polar surface area (TPSA) is 132 Å². The number of benzene rings is 5. The lowest BCUT2D eigenvalue weighted by molar-refractivity contribution is -0.149. The largest absolute Gasteiger partial charge is 0.504 e. The van der Waals surface area contributed by atoms with Crippen molar-refractivity contribution in [2.24, 2.45) is 0 Å². The minimum absolute atomic E-state index is 0.00259. The summed E-state index contributed by atoms with van der Waals surface area (Å²) in [5.74, 6) is -1.23. The van der Waals surface area contributed by atoms with Gasteiger partial charge in [0.1, 0.15) is 31.9 Å². The maximum Gasteiger partial charge on any atom is 0.408 e. The van der Waals surface area contributed by atoms with Gasteiger partial charge in [-0.05, 0) is 39.9 Å². The Morgan fingerprint density at radius 2 is 1.06 bits per heavy atom. The van der Waals surface area contributed by atoms with E-state index in [0.29, 0.717) is 5.56 Å². The maximum absolute atomic E-state index is 13.8. The quantitative estimate of drug-likeness (QED) is 0.0977.